The second kappa shape index (κ2) is 7.17. The van der Waals surface area contributed by atoms with Gasteiger partial charge in [0.25, 0.3) is 0 Å². The van der Waals surface area contributed by atoms with Crippen molar-refractivity contribution in [3.05, 3.63) is 65.2 Å². The molecule has 0 aliphatic carbocycles. The Morgan fingerprint density at radius 2 is 1.71 bits per heavy atom. The van der Waals surface area contributed by atoms with E-state index < -0.39 is 17.7 Å². The molecule has 2 rings (SSSR count). The Hall–Kier alpha value is -2.82. The molecule has 5 heteroatoms. The van der Waals surface area contributed by atoms with Crippen LogP contribution in [0.3, 0.4) is 0 Å². The molecular formula is C19H21NO4. The van der Waals surface area contributed by atoms with E-state index in [4.69, 9.17) is 9.84 Å². The molecule has 0 fully saturated rings. The summed E-state index contributed by atoms with van der Waals surface area (Å²) in [5.41, 5.74) is 2.37. The monoisotopic (exact) mass is 327 g/mol. The smallest absolute Gasteiger partial charge is 0.412 e. The van der Waals surface area contributed by atoms with Crippen molar-refractivity contribution in [1.82, 2.24) is 0 Å². The number of hydrogen-bond acceptors (Lipinski definition) is 3. The zero-order valence-electron chi connectivity index (χ0n) is 14.0. The number of carboxylic acid groups (broad SMARTS) is 1. The Morgan fingerprint density at radius 1 is 1.04 bits per heavy atom. The highest BCUT2D eigenvalue weighted by Gasteiger charge is 2.16. The number of aromatic carboxylic acids is 1. The van der Waals surface area contributed by atoms with Gasteiger partial charge in [0.1, 0.15) is 5.60 Å². The highest BCUT2D eigenvalue weighted by Crippen LogP contribution is 2.17. The van der Waals surface area contributed by atoms with Crippen molar-refractivity contribution in [1.29, 1.82) is 0 Å². The van der Waals surface area contributed by atoms with Gasteiger partial charge in [-0.2, -0.15) is 0 Å². The van der Waals surface area contributed by atoms with Crippen LogP contribution >= 0.6 is 0 Å². The molecule has 0 unspecified atom stereocenters. The molecule has 0 heterocycles. The van der Waals surface area contributed by atoms with Crippen LogP contribution in [-0.2, 0) is 11.2 Å². The van der Waals surface area contributed by atoms with Gasteiger partial charge >= 0.3 is 12.1 Å². The Balaban J connectivity index is 2.04. The standard InChI is InChI=1S/C19H21NO4/c1-19(2,3)24-18(23)20-16-6-4-5-14(12-16)11-13-7-9-15(10-8-13)17(21)22/h4-10,12H,11H2,1-3H3,(H,20,23)(H,21,22). The minimum absolute atomic E-state index is 0.263. The topological polar surface area (TPSA) is 75.6 Å². The van der Waals surface area contributed by atoms with Crippen molar-refractivity contribution >= 4 is 17.7 Å². The van der Waals surface area contributed by atoms with Gasteiger partial charge in [-0.05, 0) is 62.6 Å². The van der Waals surface area contributed by atoms with Crippen molar-refractivity contribution < 1.29 is 19.4 Å². The molecule has 126 valence electrons. The van der Waals surface area contributed by atoms with Crippen molar-refractivity contribution in [2.45, 2.75) is 32.8 Å². The summed E-state index contributed by atoms with van der Waals surface area (Å²) in [5.74, 6) is -0.940. The molecule has 24 heavy (non-hydrogen) atoms. The quantitative estimate of drug-likeness (QED) is 0.877. The molecule has 0 aromatic heterocycles. The molecule has 0 aliphatic heterocycles. The second-order valence-corrected chi connectivity index (χ2v) is 6.51. The summed E-state index contributed by atoms with van der Waals surface area (Å²) in [7, 11) is 0. The van der Waals surface area contributed by atoms with E-state index in [2.05, 4.69) is 5.32 Å². The van der Waals surface area contributed by atoms with E-state index in [9.17, 15) is 9.59 Å². The minimum Gasteiger partial charge on any atom is -0.478 e. The first-order valence-corrected chi connectivity index (χ1v) is 7.64. The molecule has 0 saturated carbocycles. The van der Waals surface area contributed by atoms with E-state index in [1.807, 2.05) is 39.0 Å². The van der Waals surface area contributed by atoms with Gasteiger partial charge in [-0.25, -0.2) is 9.59 Å². The number of carboxylic acids is 1. The van der Waals surface area contributed by atoms with Crippen molar-refractivity contribution in [2.75, 3.05) is 5.32 Å². The fourth-order valence-corrected chi connectivity index (χ4v) is 2.18. The van der Waals surface area contributed by atoms with Crippen molar-refractivity contribution in [3.63, 3.8) is 0 Å². The highest BCUT2D eigenvalue weighted by atomic mass is 16.6. The van der Waals surface area contributed by atoms with Crippen LogP contribution < -0.4 is 5.32 Å². The summed E-state index contributed by atoms with van der Waals surface area (Å²) in [6, 6.07) is 14.2. The van der Waals surface area contributed by atoms with Gasteiger partial charge in [-0.1, -0.05) is 24.3 Å². The van der Waals surface area contributed by atoms with E-state index in [0.717, 1.165) is 11.1 Å². The predicted octanol–water partition coefficient (Wildman–Crippen LogP) is 4.32. The molecule has 0 spiro atoms. The van der Waals surface area contributed by atoms with Crippen molar-refractivity contribution in [3.8, 4) is 0 Å². The minimum atomic E-state index is -0.940. The second-order valence-electron chi connectivity index (χ2n) is 6.51. The number of carbonyl (C=O) groups excluding carboxylic acids is 1. The van der Waals surface area contributed by atoms with Gasteiger partial charge in [0.05, 0.1) is 5.56 Å². The van der Waals surface area contributed by atoms with Crippen LogP contribution in [0.5, 0.6) is 0 Å². The molecule has 0 radical (unpaired) electrons. The van der Waals surface area contributed by atoms with E-state index in [0.29, 0.717) is 12.1 Å². The lowest BCUT2D eigenvalue weighted by Crippen LogP contribution is -2.27. The number of anilines is 1. The predicted molar refractivity (Wildman–Crippen MR) is 92.5 cm³/mol. The third-order valence-electron chi connectivity index (χ3n) is 3.18. The Morgan fingerprint density at radius 3 is 2.29 bits per heavy atom. The van der Waals surface area contributed by atoms with Gasteiger partial charge in [-0.15, -0.1) is 0 Å². The fraction of sp³-hybridized carbons (Fsp3) is 0.263. The fourth-order valence-electron chi connectivity index (χ4n) is 2.18. The maximum atomic E-state index is 11.8. The van der Waals surface area contributed by atoms with E-state index in [1.165, 1.54) is 0 Å². The molecule has 2 aromatic rings. The summed E-state index contributed by atoms with van der Waals surface area (Å²) in [6.07, 6.45) is 0.148. The maximum absolute atomic E-state index is 11.8. The third kappa shape index (κ3) is 5.43. The summed E-state index contributed by atoms with van der Waals surface area (Å²) < 4.78 is 5.23. The number of benzene rings is 2. The van der Waals surface area contributed by atoms with E-state index in [1.54, 1.807) is 30.3 Å². The van der Waals surface area contributed by atoms with Gasteiger partial charge in [0.2, 0.25) is 0 Å². The zero-order valence-corrected chi connectivity index (χ0v) is 14.0. The van der Waals surface area contributed by atoms with E-state index >= 15 is 0 Å². The number of carbonyl (C=O) groups is 2. The van der Waals surface area contributed by atoms with Crippen LogP contribution in [0.15, 0.2) is 48.5 Å². The molecule has 2 N–H and O–H groups in total. The zero-order chi connectivity index (χ0) is 17.7. The number of hydrogen-bond donors (Lipinski definition) is 2. The lowest BCUT2D eigenvalue weighted by Gasteiger charge is -2.19. The molecule has 0 saturated heterocycles. The van der Waals surface area contributed by atoms with Crippen LogP contribution in [-0.4, -0.2) is 22.8 Å². The molecule has 0 aliphatic rings. The number of ether oxygens (including phenoxy) is 1. The van der Waals surface area contributed by atoms with Gasteiger partial charge in [0, 0.05) is 5.69 Å². The first-order valence-electron chi connectivity index (χ1n) is 7.64. The van der Waals surface area contributed by atoms with Gasteiger partial charge in [0.15, 0.2) is 0 Å². The molecule has 2 aromatic carbocycles. The van der Waals surface area contributed by atoms with Crippen LogP contribution in [0.2, 0.25) is 0 Å². The average Bonchev–Trinajstić information content (AvgIpc) is 2.46. The van der Waals surface area contributed by atoms with Crippen LogP contribution in [0, 0.1) is 0 Å². The average molecular weight is 327 g/mol. The largest absolute Gasteiger partial charge is 0.478 e. The summed E-state index contributed by atoms with van der Waals surface area (Å²) in [5, 5.41) is 11.6. The van der Waals surface area contributed by atoms with Crippen molar-refractivity contribution in [2.24, 2.45) is 0 Å². The first-order chi connectivity index (χ1) is 11.2. The number of amides is 1. The Kier molecular flexibility index (Phi) is 5.24. The third-order valence-corrected chi connectivity index (χ3v) is 3.18. The highest BCUT2D eigenvalue weighted by molar-refractivity contribution is 5.87. The molecule has 0 atom stereocenters. The van der Waals surface area contributed by atoms with Crippen LogP contribution in [0.25, 0.3) is 0 Å². The molecule has 5 nitrogen and oxygen atoms in total. The summed E-state index contributed by atoms with van der Waals surface area (Å²) in [6.45, 7) is 5.43. The maximum Gasteiger partial charge on any atom is 0.412 e. The Labute approximate surface area is 141 Å². The summed E-state index contributed by atoms with van der Waals surface area (Å²) >= 11 is 0. The lowest BCUT2D eigenvalue weighted by atomic mass is 10.0. The Bertz CT molecular complexity index is 730. The molecule has 0 bridgehead atoms. The van der Waals surface area contributed by atoms with E-state index in [-0.39, 0.29) is 5.56 Å². The van der Waals surface area contributed by atoms with Gasteiger partial charge in [-0.3, -0.25) is 5.32 Å². The molecule has 1 amide bonds. The summed E-state index contributed by atoms with van der Waals surface area (Å²) in [4.78, 5) is 22.7. The lowest BCUT2D eigenvalue weighted by molar-refractivity contribution is 0.0634. The molecular weight excluding hydrogens is 306 g/mol. The number of rotatable bonds is 4. The van der Waals surface area contributed by atoms with Crippen LogP contribution in [0.1, 0.15) is 42.3 Å². The number of nitrogens with one attached hydrogen (secondary N) is 1. The van der Waals surface area contributed by atoms with Crippen LogP contribution in [0.4, 0.5) is 10.5 Å². The SMILES string of the molecule is CC(C)(C)OC(=O)Nc1cccc(Cc2ccc(C(=O)O)cc2)c1. The van der Waals surface area contributed by atoms with Gasteiger partial charge < -0.3 is 9.84 Å². The first kappa shape index (κ1) is 17.5. The normalized spacial score (nSPS) is 11.0.